The second-order valence-corrected chi connectivity index (χ2v) is 4.33. The molecule has 0 saturated heterocycles. The summed E-state index contributed by atoms with van der Waals surface area (Å²) in [6.45, 7) is 2.12. The minimum absolute atomic E-state index is 0.484. The maximum atomic E-state index is 5.84. The quantitative estimate of drug-likeness (QED) is 0.761. The molecule has 0 radical (unpaired) electrons. The number of rotatable bonds is 4. The third kappa shape index (κ3) is 2.27. The Balaban J connectivity index is 1.98. The van der Waals surface area contributed by atoms with Crippen molar-refractivity contribution in [2.75, 3.05) is 12.4 Å². The number of hydrogen-bond donors (Lipinski definition) is 2. The number of fused-ring (bicyclic) bond motifs is 1. The van der Waals surface area contributed by atoms with E-state index in [4.69, 9.17) is 4.74 Å². The number of nitrogens with zero attached hydrogens (tertiary/aromatic N) is 3. The Labute approximate surface area is 116 Å². The summed E-state index contributed by atoms with van der Waals surface area (Å²) in [6.07, 6.45) is 2.66. The largest absolute Gasteiger partial charge is 0.438 e. The first-order valence-electron chi connectivity index (χ1n) is 6.46. The van der Waals surface area contributed by atoms with Crippen molar-refractivity contribution in [3.8, 4) is 11.6 Å². The van der Waals surface area contributed by atoms with Crippen LogP contribution in [0.4, 0.5) is 5.95 Å². The van der Waals surface area contributed by atoms with Gasteiger partial charge in [0.25, 0.3) is 0 Å². The number of hydrogen-bond acceptors (Lipinski definition) is 5. The normalized spacial score (nSPS) is 10.7. The highest BCUT2D eigenvalue weighted by atomic mass is 16.5. The summed E-state index contributed by atoms with van der Waals surface area (Å²) in [4.78, 5) is 8.59. The van der Waals surface area contributed by atoms with Crippen LogP contribution in [0.5, 0.6) is 11.6 Å². The monoisotopic (exact) mass is 269 g/mol. The van der Waals surface area contributed by atoms with Crippen LogP contribution in [-0.2, 0) is 6.42 Å². The lowest BCUT2D eigenvalue weighted by atomic mass is 10.2. The first kappa shape index (κ1) is 12.4. The molecule has 102 valence electrons. The van der Waals surface area contributed by atoms with Crippen LogP contribution in [0.2, 0.25) is 0 Å². The van der Waals surface area contributed by atoms with Gasteiger partial charge in [0.2, 0.25) is 11.8 Å². The summed E-state index contributed by atoms with van der Waals surface area (Å²) in [6, 6.07) is 7.96. The van der Waals surface area contributed by atoms with Gasteiger partial charge in [-0.1, -0.05) is 19.1 Å². The summed E-state index contributed by atoms with van der Waals surface area (Å²) in [5, 5.41) is 10.4. The van der Waals surface area contributed by atoms with E-state index in [9.17, 15) is 0 Å². The van der Waals surface area contributed by atoms with Gasteiger partial charge in [-0.15, -0.1) is 0 Å². The van der Waals surface area contributed by atoms with Crippen LogP contribution in [0.3, 0.4) is 0 Å². The molecule has 0 aliphatic rings. The molecule has 3 aromatic rings. The van der Waals surface area contributed by atoms with Crippen LogP contribution in [0.25, 0.3) is 11.0 Å². The van der Waals surface area contributed by atoms with Gasteiger partial charge in [0.05, 0.1) is 6.20 Å². The minimum Gasteiger partial charge on any atom is -0.438 e. The minimum atomic E-state index is 0.484. The van der Waals surface area contributed by atoms with E-state index >= 15 is 0 Å². The summed E-state index contributed by atoms with van der Waals surface area (Å²) < 4.78 is 5.84. The van der Waals surface area contributed by atoms with Crippen LogP contribution in [-0.4, -0.2) is 27.2 Å². The molecule has 3 rings (SSSR count). The maximum absolute atomic E-state index is 5.84. The lowest BCUT2D eigenvalue weighted by Gasteiger charge is -2.07. The van der Waals surface area contributed by atoms with Crippen molar-refractivity contribution in [1.29, 1.82) is 0 Å². The van der Waals surface area contributed by atoms with Crippen LogP contribution in [0, 0.1) is 0 Å². The Morgan fingerprint density at radius 1 is 1.20 bits per heavy atom. The molecule has 0 unspecified atom stereocenters. The van der Waals surface area contributed by atoms with Gasteiger partial charge in [-0.25, -0.2) is 0 Å². The lowest BCUT2D eigenvalue weighted by Crippen LogP contribution is -1.99. The first-order chi connectivity index (χ1) is 9.80. The fourth-order valence-electron chi connectivity index (χ4n) is 1.90. The lowest BCUT2D eigenvalue weighted by molar-refractivity contribution is 0.469. The SMILES string of the molecule is CCc1ccc(Oc2nc(NC)nc3[nH]ncc23)cc1. The molecule has 1 aromatic carbocycles. The van der Waals surface area contributed by atoms with Crippen molar-refractivity contribution >= 4 is 17.0 Å². The van der Waals surface area contributed by atoms with E-state index in [0.29, 0.717) is 17.5 Å². The molecule has 20 heavy (non-hydrogen) atoms. The topological polar surface area (TPSA) is 75.7 Å². The Kier molecular flexibility index (Phi) is 3.20. The van der Waals surface area contributed by atoms with Crippen molar-refractivity contribution < 1.29 is 4.74 Å². The molecule has 0 spiro atoms. The molecular formula is C14H15N5O. The van der Waals surface area contributed by atoms with Crippen LogP contribution >= 0.6 is 0 Å². The van der Waals surface area contributed by atoms with Gasteiger partial charge in [0.15, 0.2) is 5.65 Å². The predicted molar refractivity (Wildman–Crippen MR) is 77.1 cm³/mol. The smallest absolute Gasteiger partial charge is 0.235 e. The molecule has 6 nitrogen and oxygen atoms in total. The summed E-state index contributed by atoms with van der Waals surface area (Å²) in [7, 11) is 1.76. The van der Waals surface area contributed by atoms with Crippen LogP contribution in [0.1, 0.15) is 12.5 Å². The zero-order valence-corrected chi connectivity index (χ0v) is 11.3. The molecule has 0 amide bonds. The molecule has 2 heterocycles. The molecule has 0 bridgehead atoms. The van der Waals surface area contributed by atoms with E-state index in [1.807, 2.05) is 24.3 Å². The van der Waals surface area contributed by atoms with E-state index in [2.05, 4.69) is 32.4 Å². The van der Waals surface area contributed by atoms with Gasteiger partial charge in [-0.05, 0) is 24.1 Å². The average molecular weight is 269 g/mol. The highest BCUT2D eigenvalue weighted by molar-refractivity contribution is 5.80. The Hall–Kier alpha value is -2.63. The number of aromatic amines is 1. The molecule has 0 fully saturated rings. The number of benzene rings is 1. The van der Waals surface area contributed by atoms with Gasteiger partial charge in [-0.2, -0.15) is 15.1 Å². The Morgan fingerprint density at radius 2 is 2.00 bits per heavy atom. The van der Waals surface area contributed by atoms with Crippen molar-refractivity contribution in [2.45, 2.75) is 13.3 Å². The van der Waals surface area contributed by atoms with Gasteiger partial charge in [-0.3, -0.25) is 5.10 Å². The van der Waals surface area contributed by atoms with Gasteiger partial charge in [0.1, 0.15) is 11.1 Å². The average Bonchev–Trinajstić information content (AvgIpc) is 2.96. The summed E-state index contributed by atoms with van der Waals surface area (Å²) in [5.74, 6) is 1.71. The van der Waals surface area contributed by atoms with E-state index in [1.54, 1.807) is 13.2 Å². The van der Waals surface area contributed by atoms with E-state index < -0.39 is 0 Å². The Bertz CT molecular complexity index is 720. The third-order valence-corrected chi connectivity index (χ3v) is 3.04. The second kappa shape index (κ2) is 5.16. The molecule has 0 atom stereocenters. The summed E-state index contributed by atoms with van der Waals surface area (Å²) >= 11 is 0. The molecule has 6 heteroatoms. The second-order valence-electron chi connectivity index (χ2n) is 4.33. The zero-order chi connectivity index (χ0) is 13.9. The number of nitrogens with one attached hydrogen (secondary N) is 2. The van der Waals surface area contributed by atoms with E-state index in [1.165, 1.54) is 5.56 Å². The standard InChI is InChI=1S/C14H15N5O/c1-3-9-4-6-10(7-5-9)20-13-11-8-16-19-12(11)17-14(15-2)18-13/h4-8H,3H2,1-2H3,(H2,15,16,17,18,19). The molecule has 0 aliphatic carbocycles. The van der Waals surface area contributed by atoms with Gasteiger partial charge >= 0.3 is 0 Å². The van der Waals surface area contributed by atoms with E-state index in [-0.39, 0.29) is 0 Å². The molecule has 2 aromatic heterocycles. The fourth-order valence-corrected chi connectivity index (χ4v) is 1.90. The van der Waals surface area contributed by atoms with Crippen LogP contribution < -0.4 is 10.1 Å². The van der Waals surface area contributed by atoms with Crippen molar-refractivity contribution in [3.63, 3.8) is 0 Å². The molecule has 0 saturated carbocycles. The highest BCUT2D eigenvalue weighted by Gasteiger charge is 2.10. The predicted octanol–water partition coefficient (Wildman–Crippen LogP) is 2.75. The van der Waals surface area contributed by atoms with Crippen molar-refractivity contribution in [2.24, 2.45) is 0 Å². The Morgan fingerprint density at radius 3 is 2.70 bits per heavy atom. The number of H-pyrrole nitrogens is 1. The molecular weight excluding hydrogens is 254 g/mol. The first-order valence-corrected chi connectivity index (χ1v) is 6.46. The number of aromatic nitrogens is 4. The highest BCUT2D eigenvalue weighted by Crippen LogP contribution is 2.27. The number of aryl methyl sites for hydroxylation is 1. The van der Waals surface area contributed by atoms with Crippen molar-refractivity contribution in [1.82, 2.24) is 20.2 Å². The van der Waals surface area contributed by atoms with Gasteiger partial charge < -0.3 is 10.1 Å². The maximum Gasteiger partial charge on any atom is 0.235 e. The number of anilines is 1. The summed E-state index contributed by atoms with van der Waals surface area (Å²) in [5.41, 5.74) is 1.91. The van der Waals surface area contributed by atoms with Crippen LogP contribution in [0.15, 0.2) is 30.5 Å². The molecule has 0 aliphatic heterocycles. The van der Waals surface area contributed by atoms with Crippen molar-refractivity contribution in [3.05, 3.63) is 36.0 Å². The third-order valence-electron chi connectivity index (χ3n) is 3.04. The zero-order valence-electron chi connectivity index (χ0n) is 11.3. The fraction of sp³-hybridized carbons (Fsp3) is 0.214. The molecule has 2 N–H and O–H groups in total. The van der Waals surface area contributed by atoms with E-state index in [0.717, 1.165) is 17.6 Å². The number of ether oxygens (including phenoxy) is 1. The van der Waals surface area contributed by atoms with Gasteiger partial charge in [0, 0.05) is 7.05 Å².